The van der Waals surface area contributed by atoms with E-state index in [0.29, 0.717) is 6.61 Å². The molecule has 11 heavy (non-hydrogen) atoms. The SMILES string of the molecule is CCCCCOOP(=S)(Cl)Cl. The monoisotopic (exact) mass is 236 g/mol. The second-order valence-electron chi connectivity index (χ2n) is 2.02. The minimum atomic E-state index is -2.66. The van der Waals surface area contributed by atoms with E-state index in [9.17, 15) is 0 Å². The van der Waals surface area contributed by atoms with Gasteiger partial charge in [-0.05, 0) is 40.7 Å². The summed E-state index contributed by atoms with van der Waals surface area (Å²) < 4.78 is 4.53. The summed E-state index contributed by atoms with van der Waals surface area (Å²) in [5.41, 5.74) is 0. The maximum atomic E-state index is 5.39. The molecule has 0 saturated carbocycles. The third-order valence-electron chi connectivity index (χ3n) is 0.971. The van der Waals surface area contributed by atoms with Crippen LogP contribution in [0, 0.1) is 0 Å². The van der Waals surface area contributed by atoms with Crippen molar-refractivity contribution in [3.8, 4) is 0 Å². The van der Waals surface area contributed by atoms with Crippen molar-refractivity contribution in [2.75, 3.05) is 6.61 Å². The van der Waals surface area contributed by atoms with Crippen LogP contribution in [0.2, 0.25) is 0 Å². The van der Waals surface area contributed by atoms with E-state index in [4.69, 9.17) is 22.5 Å². The van der Waals surface area contributed by atoms with Gasteiger partial charge >= 0.3 is 0 Å². The van der Waals surface area contributed by atoms with E-state index in [-0.39, 0.29) is 0 Å². The van der Waals surface area contributed by atoms with Crippen LogP contribution in [0.3, 0.4) is 0 Å². The summed E-state index contributed by atoms with van der Waals surface area (Å²) in [7, 11) is 0. The molecule has 0 aliphatic carbocycles. The minimum absolute atomic E-state index is 0.506. The Morgan fingerprint density at radius 2 is 2.00 bits per heavy atom. The Balaban J connectivity index is 3.09. The van der Waals surface area contributed by atoms with Gasteiger partial charge in [0.25, 0.3) is 4.97 Å². The van der Waals surface area contributed by atoms with Crippen LogP contribution in [0.15, 0.2) is 0 Å². The standard InChI is InChI=1S/C5H11Cl2O2PS/c1-2-3-4-5-8-9-10(6,7)11/h2-5H2,1H3. The van der Waals surface area contributed by atoms with Crippen LogP contribution < -0.4 is 0 Å². The molecule has 0 saturated heterocycles. The van der Waals surface area contributed by atoms with Gasteiger partial charge in [0.05, 0.1) is 6.61 Å². The molecule has 0 radical (unpaired) electrons. The first kappa shape index (κ1) is 12.2. The molecule has 68 valence electrons. The lowest BCUT2D eigenvalue weighted by molar-refractivity contribution is -0.196. The molecule has 0 amide bonds. The fraction of sp³-hybridized carbons (Fsp3) is 1.00. The van der Waals surface area contributed by atoms with Crippen LogP contribution >= 0.6 is 27.5 Å². The fourth-order valence-electron chi connectivity index (χ4n) is 0.510. The summed E-state index contributed by atoms with van der Waals surface area (Å²) in [5, 5.41) is 0. The summed E-state index contributed by atoms with van der Waals surface area (Å²) in [6.07, 6.45) is 3.19. The smallest absolute Gasteiger partial charge is 0.230 e. The molecule has 0 N–H and O–H groups in total. The van der Waals surface area contributed by atoms with Gasteiger partial charge in [0.2, 0.25) is 0 Å². The molecule has 0 unspecified atom stereocenters. The van der Waals surface area contributed by atoms with E-state index in [2.05, 4.69) is 28.3 Å². The summed E-state index contributed by atoms with van der Waals surface area (Å²) in [4.78, 5) is 2.02. The van der Waals surface area contributed by atoms with Crippen molar-refractivity contribution in [1.82, 2.24) is 0 Å². The molecule has 0 atom stereocenters. The van der Waals surface area contributed by atoms with Crippen LogP contribution in [0.1, 0.15) is 26.2 Å². The van der Waals surface area contributed by atoms with Crippen LogP contribution in [0.4, 0.5) is 0 Å². The lowest BCUT2D eigenvalue weighted by atomic mass is 10.3. The number of unbranched alkanes of at least 4 members (excludes halogenated alkanes) is 2. The number of rotatable bonds is 6. The molecular weight excluding hydrogens is 226 g/mol. The molecule has 0 aliphatic heterocycles. The molecule has 0 aromatic heterocycles. The van der Waals surface area contributed by atoms with Crippen LogP contribution in [0.25, 0.3) is 0 Å². The zero-order valence-corrected chi connectivity index (χ0v) is 9.48. The Bertz CT molecular complexity index is 138. The maximum absolute atomic E-state index is 5.39. The Labute approximate surface area is 81.8 Å². The van der Waals surface area contributed by atoms with Gasteiger partial charge in [-0.25, -0.2) is 4.89 Å². The fourth-order valence-corrected chi connectivity index (χ4v) is 1.08. The molecule has 6 heteroatoms. The van der Waals surface area contributed by atoms with Gasteiger partial charge in [-0.2, -0.15) is 4.67 Å². The van der Waals surface area contributed by atoms with E-state index in [1.165, 1.54) is 0 Å². The third kappa shape index (κ3) is 11.1. The molecule has 0 bridgehead atoms. The van der Waals surface area contributed by atoms with Gasteiger partial charge in [0.1, 0.15) is 0 Å². The molecule has 0 heterocycles. The number of halogens is 2. The molecule has 0 aromatic carbocycles. The van der Waals surface area contributed by atoms with Gasteiger partial charge in [-0.1, -0.05) is 19.8 Å². The average molecular weight is 237 g/mol. The van der Waals surface area contributed by atoms with Crippen LogP contribution in [-0.4, -0.2) is 6.61 Å². The second-order valence-corrected chi connectivity index (χ2v) is 9.12. The Morgan fingerprint density at radius 3 is 2.45 bits per heavy atom. The molecule has 0 aromatic rings. The number of hydrogen-bond donors (Lipinski definition) is 0. The van der Waals surface area contributed by atoms with E-state index >= 15 is 0 Å². The normalized spacial score (nSPS) is 11.9. The van der Waals surface area contributed by atoms with E-state index in [1.54, 1.807) is 0 Å². The largest absolute Gasteiger partial charge is 0.273 e. The Kier molecular flexibility index (Phi) is 7.34. The van der Waals surface area contributed by atoms with Gasteiger partial charge < -0.3 is 0 Å². The first-order valence-corrected chi connectivity index (χ1v) is 7.90. The second kappa shape index (κ2) is 6.64. The van der Waals surface area contributed by atoms with Gasteiger partial charge in [-0.15, -0.1) is 0 Å². The first-order valence-electron chi connectivity index (χ1n) is 3.37. The van der Waals surface area contributed by atoms with Crippen molar-refractivity contribution in [2.24, 2.45) is 0 Å². The minimum Gasteiger partial charge on any atom is -0.230 e. The highest BCUT2D eigenvalue weighted by Gasteiger charge is 2.08. The summed E-state index contributed by atoms with van der Waals surface area (Å²) in [5.74, 6) is 0. The predicted molar refractivity (Wildman–Crippen MR) is 52.6 cm³/mol. The first-order chi connectivity index (χ1) is 5.06. The zero-order valence-electron chi connectivity index (χ0n) is 6.26. The van der Waals surface area contributed by atoms with E-state index in [0.717, 1.165) is 19.3 Å². The van der Waals surface area contributed by atoms with Gasteiger partial charge in [0, 0.05) is 0 Å². The molecule has 0 spiro atoms. The van der Waals surface area contributed by atoms with Crippen LogP contribution in [-0.2, 0) is 21.4 Å². The molecule has 0 rings (SSSR count). The molecule has 0 fully saturated rings. The Morgan fingerprint density at radius 1 is 1.36 bits per heavy atom. The Hall–Kier alpha value is 1.15. The highest BCUT2D eigenvalue weighted by Crippen LogP contribution is 2.58. The lowest BCUT2D eigenvalue weighted by Crippen LogP contribution is -1.91. The zero-order chi connectivity index (χ0) is 8.74. The van der Waals surface area contributed by atoms with Crippen molar-refractivity contribution in [2.45, 2.75) is 26.2 Å². The van der Waals surface area contributed by atoms with Crippen molar-refractivity contribution in [3.05, 3.63) is 0 Å². The topological polar surface area (TPSA) is 18.5 Å². The summed E-state index contributed by atoms with van der Waals surface area (Å²) in [6, 6.07) is 0. The van der Waals surface area contributed by atoms with Crippen molar-refractivity contribution in [3.63, 3.8) is 0 Å². The van der Waals surface area contributed by atoms with Gasteiger partial charge in [0.15, 0.2) is 0 Å². The maximum Gasteiger partial charge on any atom is 0.273 e. The molecule has 2 nitrogen and oxygen atoms in total. The highest BCUT2D eigenvalue weighted by molar-refractivity contribution is 8.36. The van der Waals surface area contributed by atoms with E-state index < -0.39 is 4.97 Å². The van der Waals surface area contributed by atoms with Crippen molar-refractivity contribution >= 4 is 39.3 Å². The lowest BCUT2D eigenvalue weighted by Gasteiger charge is -2.04. The van der Waals surface area contributed by atoms with Crippen LogP contribution in [0.5, 0.6) is 0 Å². The van der Waals surface area contributed by atoms with Crippen molar-refractivity contribution < 1.29 is 9.56 Å². The predicted octanol–water partition coefficient (Wildman–Crippen LogP) is 3.83. The average Bonchev–Trinajstić information content (AvgIpc) is 1.85. The van der Waals surface area contributed by atoms with Crippen molar-refractivity contribution in [1.29, 1.82) is 0 Å². The molecular formula is C5H11Cl2O2PS. The summed E-state index contributed by atoms with van der Waals surface area (Å²) >= 11 is 15.3. The van der Waals surface area contributed by atoms with Gasteiger partial charge in [-0.3, -0.25) is 0 Å². The third-order valence-corrected chi connectivity index (χ3v) is 1.77. The number of hydrogen-bond acceptors (Lipinski definition) is 3. The summed E-state index contributed by atoms with van der Waals surface area (Å²) in [6.45, 7) is 2.61. The molecule has 0 aliphatic rings. The quantitative estimate of drug-likeness (QED) is 0.302. The highest BCUT2D eigenvalue weighted by atomic mass is 35.9. The van der Waals surface area contributed by atoms with E-state index in [1.807, 2.05) is 0 Å².